The van der Waals surface area contributed by atoms with Crippen LogP contribution in [0, 0.1) is 0 Å². The molecule has 0 aliphatic carbocycles. The van der Waals surface area contributed by atoms with Crippen molar-refractivity contribution in [2.75, 3.05) is 24.5 Å². The Morgan fingerprint density at radius 3 is 2.74 bits per heavy atom. The third kappa shape index (κ3) is 2.73. The van der Waals surface area contributed by atoms with Crippen LogP contribution >= 0.6 is 11.6 Å². The molecule has 1 fully saturated rings. The van der Waals surface area contributed by atoms with Crippen LogP contribution in [0.1, 0.15) is 47.0 Å². The number of aromatic nitrogens is 1. The van der Waals surface area contributed by atoms with E-state index in [0.717, 1.165) is 6.54 Å². The Hall–Kier alpha value is -2.38. The molecule has 1 aromatic carbocycles. The van der Waals surface area contributed by atoms with Crippen LogP contribution in [-0.2, 0) is 0 Å². The maximum Gasteiger partial charge on any atom is 0.341 e. The van der Waals surface area contributed by atoms with E-state index >= 15 is 0 Å². The van der Waals surface area contributed by atoms with Crippen LogP contribution in [0.5, 0.6) is 0 Å². The molecular formula is C19H20ClN3O4. The molecule has 2 atom stereocenters. The van der Waals surface area contributed by atoms with Gasteiger partial charge in [0.15, 0.2) is 5.78 Å². The van der Waals surface area contributed by atoms with Crippen LogP contribution < -0.4 is 15.6 Å². The monoisotopic (exact) mass is 389 g/mol. The molecule has 4 rings (SSSR count). The molecule has 1 aromatic heterocycles. The predicted molar refractivity (Wildman–Crippen MR) is 104 cm³/mol. The van der Waals surface area contributed by atoms with Crippen molar-refractivity contribution in [2.24, 2.45) is 0 Å². The van der Waals surface area contributed by atoms with E-state index in [9.17, 15) is 19.5 Å². The highest BCUT2D eigenvalue weighted by Gasteiger charge is 2.33. The van der Waals surface area contributed by atoms with Crippen LogP contribution in [0.15, 0.2) is 17.1 Å². The molecule has 2 N–H and O–H groups in total. The average molecular weight is 390 g/mol. The molecule has 27 heavy (non-hydrogen) atoms. The maximum atomic E-state index is 13.0. The Bertz CT molecular complexity index is 1050. The fraction of sp³-hybridized carbons (Fsp3) is 0.421. The number of pyridine rings is 1. The second-order valence-electron chi connectivity index (χ2n) is 7.34. The molecule has 0 amide bonds. The summed E-state index contributed by atoms with van der Waals surface area (Å²) in [6.07, 6.45) is 1.59. The number of Topliss-reactive ketones (excluding diaryl/α,β-unsaturated/α-hetero) is 1. The number of hydrogen-bond acceptors (Lipinski definition) is 5. The number of anilines is 1. The van der Waals surface area contributed by atoms with Gasteiger partial charge in [0.05, 0.1) is 21.8 Å². The lowest BCUT2D eigenvalue weighted by atomic mass is 9.92. The van der Waals surface area contributed by atoms with Gasteiger partial charge < -0.3 is 19.9 Å². The second-order valence-corrected chi connectivity index (χ2v) is 7.75. The Balaban J connectivity index is 2.09. The van der Waals surface area contributed by atoms with Crippen molar-refractivity contribution in [3.63, 3.8) is 0 Å². The smallest absolute Gasteiger partial charge is 0.341 e. The average Bonchev–Trinajstić information content (AvgIpc) is 2.60. The van der Waals surface area contributed by atoms with E-state index < -0.39 is 11.4 Å². The van der Waals surface area contributed by atoms with Gasteiger partial charge in [0.1, 0.15) is 5.56 Å². The molecule has 0 saturated carbocycles. The molecule has 2 aliphatic heterocycles. The maximum absolute atomic E-state index is 13.0. The molecular weight excluding hydrogens is 370 g/mol. The van der Waals surface area contributed by atoms with Gasteiger partial charge in [-0.2, -0.15) is 0 Å². The number of carboxylic acids is 1. The van der Waals surface area contributed by atoms with Crippen molar-refractivity contribution < 1.29 is 14.7 Å². The first-order chi connectivity index (χ1) is 12.8. The molecule has 1 saturated heterocycles. The van der Waals surface area contributed by atoms with Crippen LogP contribution in [0.3, 0.4) is 0 Å². The zero-order chi connectivity index (χ0) is 19.5. The fourth-order valence-corrected chi connectivity index (χ4v) is 4.48. The van der Waals surface area contributed by atoms with Gasteiger partial charge in [-0.3, -0.25) is 9.59 Å². The summed E-state index contributed by atoms with van der Waals surface area (Å²) >= 11 is 6.54. The molecule has 3 heterocycles. The summed E-state index contributed by atoms with van der Waals surface area (Å²) in [5, 5.41) is 13.2. The molecule has 7 nitrogen and oxygen atoms in total. The number of halogens is 1. The first-order valence-electron chi connectivity index (χ1n) is 8.95. The predicted octanol–water partition coefficient (Wildman–Crippen LogP) is 2.30. The van der Waals surface area contributed by atoms with E-state index in [1.807, 2.05) is 6.92 Å². The summed E-state index contributed by atoms with van der Waals surface area (Å²) in [5.74, 6) is -1.36. The highest BCUT2D eigenvalue weighted by atomic mass is 35.5. The summed E-state index contributed by atoms with van der Waals surface area (Å²) in [6.45, 7) is 6.06. The van der Waals surface area contributed by atoms with E-state index in [-0.39, 0.29) is 35.2 Å². The van der Waals surface area contributed by atoms with Gasteiger partial charge in [0, 0.05) is 49.7 Å². The lowest BCUT2D eigenvalue weighted by molar-refractivity contribution is 0.0694. The number of carbonyl (C=O) groups excluding carboxylic acids is 1. The number of nitrogens with one attached hydrogen (secondary N) is 1. The first kappa shape index (κ1) is 18.0. The summed E-state index contributed by atoms with van der Waals surface area (Å²) in [5.41, 5.74) is 0.636. The van der Waals surface area contributed by atoms with Crippen molar-refractivity contribution in [1.82, 2.24) is 9.88 Å². The molecule has 0 radical (unpaired) electrons. The Kier molecular flexibility index (Phi) is 4.24. The van der Waals surface area contributed by atoms with Gasteiger partial charge in [-0.15, -0.1) is 0 Å². The zero-order valence-corrected chi connectivity index (χ0v) is 15.8. The number of carbonyl (C=O) groups is 2. The molecule has 0 spiro atoms. The van der Waals surface area contributed by atoms with E-state index in [1.54, 1.807) is 4.57 Å². The lowest BCUT2D eigenvalue weighted by Crippen LogP contribution is -2.50. The van der Waals surface area contributed by atoms with Gasteiger partial charge in [-0.1, -0.05) is 11.6 Å². The third-order valence-electron chi connectivity index (χ3n) is 5.39. The molecule has 0 bridgehead atoms. The highest BCUT2D eigenvalue weighted by molar-refractivity contribution is 6.36. The number of carboxylic acid groups (broad SMARTS) is 1. The van der Waals surface area contributed by atoms with Crippen LogP contribution in [0.25, 0.3) is 10.9 Å². The van der Waals surface area contributed by atoms with Crippen molar-refractivity contribution in [3.05, 3.63) is 38.6 Å². The van der Waals surface area contributed by atoms with E-state index in [1.165, 1.54) is 12.3 Å². The summed E-state index contributed by atoms with van der Waals surface area (Å²) in [6, 6.07) is 1.52. The quantitative estimate of drug-likeness (QED) is 0.818. The van der Waals surface area contributed by atoms with Gasteiger partial charge in [0.25, 0.3) is 0 Å². The topological polar surface area (TPSA) is 91.6 Å². The second kappa shape index (κ2) is 6.35. The first-order valence-corrected chi connectivity index (χ1v) is 9.33. The van der Waals surface area contributed by atoms with Crippen molar-refractivity contribution in [1.29, 1.82) is 0 Å². The Morgan fingerprint density at radius 1 is 1.33 bits per heavy atom. The minimum Gasteiger partial charge on any atom is -0.477 e. The number of piperazine rings is 1. The van der Waals surface area contributed by atoms with Crippen molar-refractivity contribution in [3.8, 4) is 0 Å². The molecule has 8 heteroatoms. The van der Waals surface area contributed by atoms with Gasteiger partial charge >= 0.3 is 5.97 Å². The minimum absolute atomic E-state index is 0.0707. The molecule has 2 aromatic rings. The number of benzene rings is 1. The zero-order valence-electron chi connectivity index (χ0n) is 15.1. The van der Waals surface area contributed by atoms with Crippen LogP contribution in [-0.4, -0.2) is 47.1 Å². The van der Waals surface area contributed by atoms with Crippen molar-refractivity contribution in [2.45, 2.75) is 32.4 Å². The Morgan fingerprint density at radius 2 is 2.07 bits per heavy atom. The summed E-state index contributed by atoms with van der Waals surface area (Å²) in [4.78, 5) is 39.3. The van der Waals surface area contributed by atoms with Gasteiger partial charge in [-0.25, -0.2) is 4.79 Å². The fourth-order valence-electron chi connectivity index (χ4n) is 4.16. The Labute approximate surface area is 160 Å². The van der Waals surface area contributed by atoms with E-state index in [4.69, 9.17) is 11.6 Å². The lowest BCUT2D eigenvalue weighted by Gasteiger charge is -2.37. The van der Waals surface area contributed by atoms with E-state index in [2.05, 4.69) is 17.1 Å². The highest BCUT2D eigenvalue weighted by Crippen LogP contribution is 2.41. The summed E-state index contributed by atoms with van der Waals surface area (Å²) in [7, 11) is 0. The largest absolute Gasteiger partial charge is 0.477 e. The number of rotatable bonds is 2. The van der Waals surface area contributed by atoms with Crippen LogP contribution in [0.2, 0.25) is 5.02 Å². The van der Waals surface area contributed by atoms with Crippen molar-refractivity contribution >= 4 is 39.9 Å². The number of ketones is 1. The number of nitrogens with zero attached hydrogens (tertiary/aromatic N) is 2. The number of aromatic carboxylic acids is 1. The molecule has 2 unspecified atom stereocenters. The summed E-state index contributed by atoms with van der Waals surface area (Å²) < 4.78 is 1.74. The normalized spacial score (nSPS) is 22.3. The number of hydrogen-bond donors (Lipinski definition) is 2. The van der Waals surface area contributed by atoms with E-state index in [0.29, 0.717) is 34.9 Å². The van der Waals surface area contributed by atoms with Gasteiger partial charge in [-0.05, 0) is 19.9 Å². The standard InChI is InChI=1S/C19H20ClN3O4/c1-9-7-22(4-3-21-9)17-13(20)6-11-16-15(17)14(24)5-10(2)23(16)8-12(18(11)25)19(26)27/h6,8-10,21H,3-5,7H2,1-2H3,(H,26,27). The molecule has 2 aliphatic rings. The third-order valence-corrected chi connectivity index (χ3v) is 5.68. The van der Waals surface area contributed by atoms with Gasteiger partial charge in [0.2, 0.25) is 5.43 Å². The minimum atomic E-state index is -1.28. The van der Waals surface area contributed by atoms with Crippen LogP contribution in [0.4, 0.5) is 5.69 Å². The SMILES string of the molecule is CC1CN(c2c(Cl)cc3c(=O)c(C(=O)O)cn4c3c2C(=O)CC4C)CCN1. The molecule has 142 valence electrons.